The van der Waals surface area contributed by atoms with Gasteiger partial charge in [-0.3, -0.25) is 4.79 Å². The molecule has 1 aliphatic heterocycles. The van der Waals surface area contributed by atoms with Crippen molar-refractivity contribution in [1.29, 1.82) is 0 Å². The molecule has 2 atom stereocenters. The molecular weight excluding hydrogens is 252 g/mol. The Labute approximate surface area is 113 Å². The number of hydrogen-bond donors (Lipinski definition) is 2. The fourth-order valence-corrected chi connectivity index (χ4v) is 2.10. The topological polar surface area (TPSA) is 52.6 Å². The third kappa shape index (κ3) is 3.22. The van der Waals surface area contributed by atoms with Crippen LogP contribution in [-0.4, -0.2) is 36.8 Å². The number of aryl methyl sites for hydroxylation is 1. The van der Waals surface area contributed by atoms with Crippen molar-refractivity contribution in [1.82, 2.24) is 5.32 Å². The Morgan fingerprint density at radius 1 is 1.50 bits per heavy atom. The summed E-state index contributed by atoms with van der Waals surface area (Å²) in [6.07, 6.45) is 0.0875. The average Bonchev–Trinajstić information content (AvgIpc) is 2.74. The monoisotopic (exact) mass is 270 g/mol. The number of likely N-dealkylation sites (N-methyl/N-ethyl adjacent to an activating group) is 1. The van der Waals surface area contributed by atoms with Gasteiger partial charge in [-0.1, -0.05) is 12.1 Å². The van der Waals surface area contributed by atoms with Crippen LogP contribution in [0.1, 0.15) is 12.0 Å². The van der Waals surface area contributed by atoms with Crippen molar-refractivity contribution in [2.75, 3.05) is 18.5 Å². The summed E-state index contributed by atoms with van der Waals surface area (Å²) in [5.74, 6) is 0.00662. The number of aliphatic hydroxyl groups excluding tert-OH is 1. The Morgan fingerprint density at radius 2 is 2.22 bits per heavy atom. The number of amides is 1. The van der Waals surface area contributed by atoms with Crippen LogP contribution < -0.4 is 10.2 Å². The Bertz CT molecular complexity index is 425. The van der Waals surface area contributed by atoms with E-state index in [9.17, 15) is 9.90 Å². The molecule has 5 heteroatoms. The Kier molecular flexibility index (Phi) is 5.14. The lowest BCUT2D eigenvalue weighted by Gasteiger charge is -2.21. The minimum absolute atomic E-state index is 0. The standard InChI is InChI=1S/C13H18N2O2.ClH/c1-9-4-3-5-10(6-9)15(2)13(17)12-7-11(16)8-14-12;/h3-6,11-12,14,16H,7-8H2,1-2H3;1H/t11-,12-;/m0./s1. The molecule has 0 aromatic heterocycles. The van der Waals surface area contributed by atoms with Crippen molar-refractivity contribution >= 4 is 24.0 Å². The zero-order valence-electron chi connectivity index (χ0n) is 10.6. The quantitative estimate of drug-likeness (QED) is 0.846. The van der Waals surface area contributed by atoms with Crippen LogP contribution in [0.3, 0.4) is 0 Å². The maximum Gasteiger partial charge on any atom is 0.243 e. The van der Waals surface area contributed by atoms with Crippen molar-refractivity contribution in [2.45, 2.75) is 25.5 Å². The van der Waals surface area contributed by atoms with Crippen LogP contribution in [0.15, 0.2) is 24.3 Å². The number of carbonyl (C=O) groups is 1. The molecule has 1 aliphatic rings. The van der Waals surface area contributed by atoms with Gasteiger partial charge in [0.1, 0.15) is 0 Å². The largest absolute Gasteiger partial charge is 0.392 e. The van der Waals surface area contributed by atoms with E-state index in [2.05, 4.69) is 5.32 Å². The van der Waals surface area contributed by atoms with E-state index in [0.717, 1.165) is 11.3 Å². The molecule has 2 rings (SSSR count). The summed E-state index contributed by atoms with van der Waals surface area (Å²) < 4.78 is 0. The molecule has 1 amide bonds. The van der Waals surface area contributed by atoms with Crippen molar-refractivity contribution < 1.29 is 9.90 Å². The molecule has 0 bridgehead atoms. The van der Waals surface area contributed by atoms with Gasteiger partial charge < -0.3 is 15.3 Å². The van der Waals surface area contributed by atoms with Crippen LogP contribution >= 0.6 is 12.4 Å². The lowest BCUT2D eigenvalue weighted by molar-refractivity contribution is -0.120. The molecule has 18 heavy (non-hydrogen) atoms. The predicted octanol–water partition coefficient (Wildman–Crippen LogP) is 1.10. The lowest BCUT2D eigenvalue weighted by Crippen LogP contribution is -2.41. The number of benzene rings is 1. The van der Waals surface area contributed by atoms with E-state index >= 15 is 0 Å². The van der Waals surface area contributed by atoms with Crippen LogP contribution in [0.2, 0.25) is 0 Å². The number of rotatable bonds is 2. The second kappa shape index (κ2) is 6.18. The molecule has 1 heterocycles. The number of nitrogens with one attached hydrogen (secondary N) is 1. The maximum absolute atomic E-state index is 12.2. The third-order valence-corrected chi connectivity index (χ3v) is 3.13. The third-order valence-electron chi connectivity index (χ3n) is 3.13. The first-order chi connectivity index (χ1) is 8.08. The molecule has 0 saturated carbocycles. The molecular formula is C13H19ClN2O2. The Balaban J connectivity index is 0.00000162. The van der Waals surface area contributed by atoms with Gasteiger partial charge in [0.05, 0.1) is 12.1 Å². The molecule has 100 valence electrons. The highest BCUT2D eigenvalue weighted by Gasteiger charge is 2.30. The number of halogens is 1. The minimum atomic E-state index is -0.408. The molecule has 0 radical (unpaired) electrons. The van der Waals surface area contributed by atoms with Crippen molar-refractivity contribution in [3.63, 3.8) is 0 Å². The van der Waals surface area contributed by atoms with Gasteiger partial charge in [-0.25, -0.2) is 0 Å². The summed E-state index contributed by atoms with van der Waals surface area (Å²) in [7, 11) is 1.77. The van der Waals surface area contributed by atoms with Gasteiger partial charge in [0.25, 0.3) is 0 Å². The van der Waals surface area contributed by atoms with Gasteiger partial charge in [-0.15, -0.1) is 12.4 Å². The second-order valence-corrected chi connectivity index (χ2v) is 4.59. The summed E-state index contributed by atoms with van der Waals surface area (Å²) in [5.41, 5.74) is 2.01. The Morgan fingerprint density at radius 3 is 2.78 bits per heavy atom. The van der Waals surface area contributed by atoms with Crippen LogP contribution in [0, 0.1) is 6.92 Å². The normalized spacial score (nSPS) is 22.4. The molecule has 4 nitrogen and oxygen atoms in total. The summed E-state index contributed by atoms with van der Waals surface area (Å²) >= 11 is 0. The SMILES string of the molecule is Cc1cccc(N(C)C(=O)[C@@H]2C[C@H](O)CN2)c1.Cl. The molecule has 0 unspecified atom stereocenters. The summed E-state index contributed by atoms with van der Waals surface area (Å²) in [6.45, 7) is 2.50. The summed E-state index contributed by atoms with van der Waals surface area (Å²) in [4.78, 5) is 13.8. The van der Waals surface area contributed by atoms with Gasteiger partial charge in [0.15, 0.2) is 0 Å². The highest BCUT2D eigenvalue weighted by molar-refractivity contribution is 5.97. The lowest BCUT2D eigenvalue weighted by atomic mass is 10.1. The summed E-state index contributed by atoms with van der Waals surface area (Å²) in [5, 5.41) is 12.4. The van der Waals surface area contributed by atoms with Crippen LogP contribution in [-0.2, 0) is 4.79 Å². The molecule has 0 spiro atoms. The molecule has 1 aromatic carbocycles. The van der Waals surface area contributed by atoms with Crippen molar-refractivity contribution in [3.8, 4) is 0 Å². The molecule has 0 aliphatic carbocycles. The van der Waals surface area contributed by atoms with Crippen LogP contribution in [0.4, 0.5) is 5.69 Å². The zero-order chi connectivity index (χ0) is 12.4. The molecule has 1 saturated heterocycles. The highest BCUT2D eigenvalue weighted by atomic mass is 35.5. The van der Waals surface area contributed by atoms with Gasteiger partial charge in [0, 0.05) is 19.3 Å². The van der Waals surface area contributed by atoms with Gasteiger partial charge in [-0.2, -0.15) is 0 Å². The fraction of sp³-hybridized carbons (Fsp3) is 0.462. The first kappa shape index (κ1) is 15.0. The maximum atomic E-state index is 12.2. The van der Waals surface area contributed by atoms with Crippen molar-refractivity contribution in [3.05, 3.63) is 29.8 Å². The molecule has 2 N–H and O–H groups in total. The second-order valence-electron chi connectivity index (χ2n) is 4.59. The molecule has 1 aromatic rings. The minimum Gasteiger partial charge on any atom is -0.392 e. The molecule has 1 fully saturated rings. The number of anilines is 1. The van der Waals surface area contributed by atoms with Crippen molar-refractivity contribution in [2.24, 2.45) is 0 Å². The van der Waals surface area contributed by atoms with E-state index in [0.29, 0.717) is 13.0 Å². The highest BCUT2D eigenvalue weighted by Crippen LogP contribution is 2.17. The number of aliphatic hydroxyl groups is 1. The fourth-order valence-electron chi connectivity index (χ4n) is 2.10. The van der Waals surface area contributed by atoms with Gasteiger partial charge in [0.2, 0.25) is 5.91 Å². The zero-order valence-corrected chi connectivity index (χ0v) is 11.4. The average molecular weight is 271 g/mol. The smallest absolute Gasteiger partial charge is 0.243 e. The van der Waals surface area contributed by atoms with E-state index < -0.39 is 6.10 Å². The first-order valence-corrected chi connectivity index (χ1v) is 5.83. The van der Waals surface area contributed by atoms with E-state index in [4.69, 9.17) is 0 Å². The van der Waals surface area contributed by atoms with E-state index in [1.54, 1.807) is 11.9 Å². The summed E-state index contributed by atoms with van der Waals surface area (Å²) in [6, 6.07) is 7.56. The predicted molar refractivity (Wildman–Crippen MR) is 74.3 cm³/mol. The van der Waals surface area contributed by atoms with E-state index in [-0.39, 0.29) is 24.4 Å². The number of nitrogens with zero attached hydrogens (tertiary/aromatic N) is 1. The number of hydrogen-bond acceptors (Lipinski definition) is 3. The van der Waals surface area contributed by atoms with Gasteiger partial charge in [-0.05, 0) is 31.0 Å². The van der Waals surface area contributed by atoms with Crippen LogP contribution in [0.25, 0.3) is 0 Å². The van der Waals surface area contributed by atoms with E-state index in [1.807, 2.05) is 31.2 Å². The first-order valence-electron chi connectivity index (χ1n) is 5.83. The Hall–Kier alpha value is -1.10. The van der Waals surface area contributed by atoms with Gasteiger partial charge >= 0.3 is 0 Å². The number of β-amino-alcohol motifs (C(OH)–C–C–N with tert-alkyl or cyclic N) is 1. The van der Waals surface area contributed by atoms with E-state index in [1.165, 1.54) is 0 Å². The number of carbonyl (C=O) groups excluding carboxylic acids is 1. The van der Waals surface area contributed by atoms with Crippen LogP contribution in [0.5, 0.6) is 0 Å².